The van der Waals surface area contributed by atoms with Crippen LogP contribution < -0.4 is 11.2 Å². The van der Waals surface area contributed by atoms with Crippen molar-refractivity contribution in [2.75, 3.05) is 6.61 Å². The smallest absolute Gasteiger partial charge is 0.330 e. The molecule has 8 heteroatoms. The van der Waals surface area contributed by atoms with Gasteiger partial charge in [0.2, 0.25) is 0 Å². The first-order valence-corrected chi connectivity index (χ1v) is 5.86. The number of halogens is 1. The van der Waals surface area contributed by atoms with Gasteiger partial charge in [-0.1, -0.05) is 15.9 Å². The Hall–Kier alpha value is -0.960. The van der Waals surface area contributed by atoms with Crippen LogP contribution in [0, 0.1) is 0 Å². The van der Waals surface area contributed by atoms with Crippen molar-refractivity contribution in [2.24, 2.45) is 0 Å². The molecule has 1 aromatic heterocycles. The number of hydrogen-bond acceptors (Lipinski definition) is 5. The summed E-state index contributed by atoms with van der Waals surface area (Å²) in [5, 5.41) is 18.9. The second-order valence-electron chi connectivity index (χ2n) is 3.70. The minimum absolute atomic E-state index is 0.276. The fourth-order valence-electron chi connectivity index (χ4n) is 1.71. The fraction of sp³-hybridized carbons (Fsp3) is 0.556. The normalized spacial score (nSPS) is 32.9. The van der Waals surface area contributed by atoms with Crippen LogP contribution in [0.2, 0.25) is 0 Å². The van der Waals surface area contributed by atoms with Crippen LogP contribution in [0.15, 0.2) is 21.9 Å². The largest absolute Gasteiger partial charge is 0.394 e. The van der Waals surface area contributed by atoms with Gasteiger partial charge in [-0.25, -0.2) is 4.79 Å². The van der Waals surface area contributed by atoms with E-state index in [1.165, 1.54) is 6.20 Å². The maximum absolute atomic E-state index is 11.5. The predicted molar refractivity (Wildman–Crippen MR) is 61.0 cm³/mol. The van der Waals surface area contributed by atoms with Crippen LogP contribution in [0.5, 0.6) is 0 Å². The quantitative estimate of drug-likeness (QED) is 0.580. The fourth-order valence-corrected chi connectivity index (χ4v) is 2.27. The van der Waals surface area contributed by atoms with Gasteiger partial charge < -0.3 is 14.9 Å². The topological polar surface area (TPSA) is 105 Å². The molecule has 1 aliphatic rings. The lowest BCUT2D eigenvalue weighted by molar-refractivity contribution is -0.0530. The number of hydrogen-bond donors (Lipinski definition) is 3. The average Bonchev–Trinajstić information content (AvgIpc) is 2.57. The molecular formula is C9H11BrN2O5. The number of aliphatic hydroxyl groups excluding tert-OH is 2. The van der Waals surface area contributed by atoms with E-state index in [-0.39, 0.29) is 6.61 Å². The SMILES string of the molecule is O=c1ccn([C@@H]2O[C@H](CO)C(Br)[C@H]2O)c(=O)[nH]1. The lowest BCUT2D eigenvalue weighted by atomic mass is 10.2. The molecule has 4 atom stereocenters. The van der Waals surface area contributed by atoms with E-state index < -0.39 is 34.5 Å². The number of H-pyrrole nitrogens is 1. The van der Waals surface area contributed by atoms with Gasteiger partial charge in [0.15, 0.2) is 6.23 Å². The molecule has 3 N–H and O–H groups in total. The lowest BCUT2D eigenvalue weighted by Gasteiger charge is -2.16. The van der Waals surface area contributed by atoms with Gasteiger partial charge in [0, 0.05) is 12.3 Å². The molecule has 94 valence electrons. The number of aromatic nitrogens is 2. The Kier molecular flexibility index (Phi) is 3.48. The van der Waals surface area contributed by atoms with Crippen molar-refractivity contribution in [3.63, 3.8) is 0 Å². The molecule has 0 spiro atoms. The van der Waals surface area contributed by atoms with E-state index in [0.29, 0.717) is 0 Å². The second kappa shape index (κ2) is 4.73. The van der Waals surface area contributed by atoms with Gasteiger partial charge in [0.1, 0.15) is 6.10 Å². The third-order valence-corrected chi connectivity index (χ3v) is 3.72. The first-order chi connectivity index (χ1) is 8.04. The highest BCUT2D eigenvalue weighted by Crippen LogP contribution is 2.32. The standard InChI is InChI=1S/C9H11BrN2O5/c10-6-4(3-13)17-8(7(6)15)12-2-1-5(14)11-9(12)16/h1-2,4,6-8,13,15H,3H2,(H,11,14,16)/t4-,6?,7-,8-/m1/s1. The van der Waals surface area contributed by atoms with Crippen molar-refractivity contribution in [1.82, 2.24) is 9.55 Å². The highest BCUT2D eigenvalue weighted by Gasteiger charge is 2.43. The molecule has 1 aromatic rings. The molecule has 1 saturated heterocycles. The Morgan fingerprint density at radius 3 is 2.76 bits per heavy atom. The first-order valence-electron chi connectivity index (χ1n) is 4.94. The summed E-state index contributed by atoms with van der Waals surface area (Å²) in [7, 11) is 0. The maximum Gasteiger partial charge on any atom is 0.330 e. The molecule has 1 aliphatic heterocycles. The molecule has 2 heterocycles. The summed E-state index contributed by atoms with van der Waals surface area (Å²) < 4.78 is 6.42. The van der Waals surface area contributed by atoms with E-state index in [2.05, 4.69) is 20.9 Å². The van der Waals surface area contributed by atoms with Gasteiger partial charge in [-0.2, -0.15) is 0 Å². The summed E-state index contributed by atoms with van der Waals surface area (Å²) in [6.45, 7) is -0.276. The molecule has 17 heavy (non-hydrogen) atoms. The molecule has 0 aromatic carbocycles. The second-order valence-corrected chi connectivity index (χ2v) is 4.76. The Bertz CT molecular complexity index is 513. The Balaban J connectivity index is 2.35. The van der Waals surface area contributed by atoms with Crippen LogP contribution in [-0.2, 0) is 4.74 Å². The van der Waals surface area contributed by atoms with Crippen LogP contribution in [-0.4, -0.2) is 43.4 Å². The molecule has 0 saturated carbocycles. The average molecular weight is 307 g/mol. The van der Waals surface area contributed by atoms with Gasteiger partial charge in [-0.05, 0) is 0 Å². The summed E-state index contributed by atoms with van der Waals surface area (Å²) in [5.41, 5.74) is -1.19. The number of rotatable bonds is 2. The Labute approximate surface area is 104 Å². The zero-order chi connectivity index (χ0) is 12.6. The van der Waals surface area contributed by atoms with Crippen molar-refractivity contribution in [2.45, 2.75) is 23.3 Å². The monoisotopic (exact) mass is 306 g/mol. The molecule has 2 rings (SSSR count). The van der Waals surface area contributed by atoms with E-state index in [1.807, 2.05) is 0 Å². The molecule has 0 bridgehead atoms. The first kappa shape index (κ1) is 12.5. The zero-order valence-corrected chi connectivity index (χ0v) is 10.2. The van der Waals surface area contributed by atoms with Gasteiger partial charge in [-0.3, -0.25) is 14.3 Å². The molecule has 0 radical (unpaired) electrons. The van der Waals surface area contributed by atoms with Crippen molar-refractivity contribution >= 4 is 15.9 Å². The summed E-state index contributed by atoms with van der Waals surface area (Å²) >= 11 is 3.18. The molecule has 1 fully saturated rings. The lowest BCUT2D eigenvalue weighted by Crippen LogP contribution is -2.36. The van der Waals surface area contributed by atoms with Gasteiger partial charge in [0.25, 0.3) is 5.56 Å². The van der Waals surface area contributed by atoms with Crippen molar-refractivity contribution in [3.05, 3.63) is 33.1 Å². The predicted octanol–water partition coefficient (Wildman–Crippen LogP) is -1.45. The number of aliphatic hydroxyl groups is 2. The van der Waals surface area contributed by atoms with Gasteiger partial charge in [0.05, 0.1) is 17.5 Å². The summed E-state index contributed by atoms with van der Waals surface area (Å²) in [6.07, 6.45) is -1.28. The van der Waals surface area contributed by atoms with Crippen LogP contribution >= 0.6 is 15.9 Å². The minimum atomic E-state index is -0.990. The molecular weight excluding hydrogens is 296 g/mol. The van der Waals surface area contributed by atoms with E-state index in [9.17, 15) is 14.7 Å². The van der Waals surface area contributed by atoms with Crippen molar-refractivity contribution in [3.8, 4) is 0 Å². The number of alkyl halides is 1. The van der Waals surface area contributed by atoms with Gasteiger partial charge >= 0.3 is 5.69 Å². The third-order valence-electron chi connectivity index (χ3n) is 2.59. The maximum atomic E-state index is 11.5. The number of nitrogens with one attached hydrogen (secondary N) is 1. The zero-order valence-electron chi connectivity index (χ0n) is 8.62. The summed E-state index contributed by atoms with van der Waals surface area (Å²) in [4.78, 5) is 24.0. The summed E-state index contributed by atoms with van der Waals surface area (Å²) in [5.74, 6) is 0. The Morgan fingerprint density at radius 1 is 1.53 bits per heavy atom. The van der Waals surface area contributed by atoms with E-state index in [0.717, 1.165) is 10.6 Å². The van der Waals surface area contributed by atoms with E-state index in [1.54, 1.807) is 0 Å². The molecule has 0 aliphatic carbocycles. The minimum Gasteiger partial charge on any atom is -0.394 e. The van der Waals surface area contributed by atoms with Crippen molar-refractivity contribution < 1.29 is 14.9 Å². The highest BCUT2D eigenvalue weighted by atomic mass is 79.9. The Morgan fingerprint density at radius 2 is 2.24 bits per heavy atom. The van der Waals surface area contributed by atoms with E-state index >= 15 is 0 Å². The molecule has 1 unspecified atom stereocenters. The molecule has 7 nitrogen and oxygen atoms in total. The van der Waals surface area contributed by atoms with Gasteiger partial charge in [-0.15, -0.1) is 0 Å². The highest BCUT2D eigenvalue weighted by molar-refractivity contribution is 9.09. The van der Waals surface area contributed by atoms with E-state index in [4.69, 9.17) is 9.84 Å². The van der Waals surface area contributed by atoms with Crippen LogP contribution in [0.1, 0.15) is 6.23 Å². The van der Waals surface area contributed by atoms with Crippen LogP contribution in [0.4, 0.5) is 0 Å². The number of nitrogens with zero attached hydrogens (tertiary/aromatic N) is 1. The van der Waals surface area contributed by atoms with Crippen molar-refractivity contribution in [1.29, 1.82) is 0 Å². The van der Waals surface area contributed by atoms with Crippen LogP contribution in [0.25, 0.3) is 0 Å². The molecule has 0 amide bonds. The van der Waals surface area contributed by atoms with Crippen LogP contribution in [0.3, 0.4) is 0 Å². The third kappa shape index (κ3) is 2.21. The number of aromatic amines is 1. The summed E-state index contributed by atoms with van der Waals surface area (Å²) in [6, 6.07) is 1.16. The number of ether oxygens (including phenoxy) is 1.